The maximum Gasteiger partial charge on any atom is 0.316 e. The van der Waals surface area contributed by atoms with Crippen molar-refractivity contribution in [3.63, 3.8) is 0 Å². The van der Waals surface area contributed by atoms with E-state index in [1.807, 2.05) is 31.2 Å². The van der Waals surface area contributed by atoms with Crippen molar-refractivity contribution in [2.45, 2.75) is 19.5 Å². The third-order valence-electron chi connectivity index (χ3n) is 2.74. The zero-order chi connectivity index (χ0) is 13.7. The first kappa shape index (κ1) is 13.1. The van der Waals surface area contributed by atoms with Gasteiger partial charge in [0.2, 0.25) is 0 Å². The van der Waals surface area contributed by atoms with Crippen LogP contribution in [0, 0.1) is 0 Å². The molecule has 2 rings (SSSR count). The van der Waals surface area contributed by atoms with Crippen LogP contribution in [0.25, 0.3) is 0 Å². The molecular formula is C13H16N4O2. The van der Waals surface area contributed by atoms with Gasteiger partial charge in [-0.2, -0.15) is 0 Å². The fourth-order valence-corrected chi connectivity index (χ4v) is 1.70. The van der Waals surface area contributed by atoms with Crippen molar-refractivity contribution in [2.24, 2.45) is 5.73 Å². The van der Waals surface area contributed by atoms with Crippen LogP contribution in [-0.2, 0) is 6.54 Å². The molecule has 0 aliphatic rings. The number of primary amides is 1. The molecule has 0 aliphatic heterocycles. The molecule has 0 saturated heterocycles. The molecule has 6 heteroatoms. The van der Waals surface area contributed by atoms with E-state index in [-0.39, 0.29) is 6.04 Å². The first-order valence-electron chi connectivity index (χ1n) is 5.92. The molecule has 1 atom stereocenters. The second-order valence-electron chi connectivity index (χ2n) is 4.18. The van der Waals surface area contributed by atoms with Crippen LogP contribution in [-0.4, -0.2) is 11.0 Å². The van der Waals surface area contributed by atoms with Gasteiger partial charge in [-0.1, -0.05) is 12.1 Å². The fourth-order valence-electron chi connectivity index (χ4n) is 1.70. The van der Waals surface area contributed by atoms with E-state index in [9.17, 15) is 4.79 Å². The number of aromatic nitrogens is 1. The molecule has 1 unspecified atom stereocenters. The smallest absolute Gasteiger partial charge is 0.316 e. The van der Waals surface area contributed by atoms with Gasteiger partial charge in [0.05, 0.1) is 12.7 Å². The summed E-state index contributed by atoms with van der Waals surface area (Å²) < 4.78 is 5.15. The lowest BCUT2D eigenvalue weighted by Crippen LogP contribution is -2.20. The van der Waals surface area contributed by atoms with Crippen LogP contribution in [0.2, 0.25) is 0 Å². The molecular weight excluding hydrogens is 244 g/mol. The number of nitrogens with zero attached hydrogens (tertiary/aromatic N) is 1. The third-order valence-corrected chi connectivity index (χ3v) is 2.74. The Morgan fingerprint density at radius 1 is 1.42 bits per heavy atom. The van der Waals surface area contributed by atoms with Crippen LogP contribution in [0.1, 0.15) is 24.3 Å². The summed E-state index contributed by atoms with van der Waals surface area (Å²) in [4.78, 5) is 14.6. The second-order valence-corrected chi connectivity index (χ2v) is 4.18. The molecule has 100 valence electrons. The third kappa shape index (κ3) is 3.82. The quantitative estimate of drug-likeness (QED) is 0.766. The Hall–Kier alpha value is -2.34. The summed E-state index contributed by atoms with van der Waals surface area (Å²) in [5, 5.41) is 5.84. The molecule has 2 aromatic rings. The average molecular weight is 260 g/mol. The molecule has 1 aromatic carbocycles. The van der Waals surface area contributed by atoms with Crippen molar-refractivity contribution >= 4 is 11.7 Å². The predicted octanol–water partition coefficient (Wildman–Crippen LogP) is 2.02. The number of urea groups is 1. The number of oxazole rings is 1. The van der Waals surface area contributed by atoms with Crippen molar-refractivity contribution in [1.29, 1.82) is 0 Å². The maximum atomic E-state index is 10.7. The first-order chi connectivity index (χ1) is 9.15. The number of anilines is 1. The monoisotopic (exact) mass is 260 g/mol. The Morgan fingerprint density at radius 3 is 2.74 bits per heavy atom. The Labute approximate surface area is 111 Å². The molecule has 2 amide bonds. The van der Waals surface area contributed by atoms with Gasteiger partial charge in [-0.05, 0) is 24.6 Å². The van der Waals surface area contributed by atoms with Gasteiger partial charge in [-0.25, -0.2) is 9.78 Å². The van der Waals surface area contributed by atoms with Crippen LogP contribution >= 0.6 is 0 Å². The molecule has 4 N–H and O–H groups in total. The molecule has 0 fully saturated rings. The van der Waals surface area contributed by atoms with Crippen molar-refractivity contribution < 1.29 is 9.21 Å². The number of hydrogen-bond acceptors (Lipinski definition) is 4. The highest BCUT2D eigenvalue weighted by Gasteiger charge is 2.06. The summed E-state index contributed by atoms with van der Waals surface area (Å²) >= 11 is 0. The van der Waals surface area contributed by atoms with Gasteiger partial charge in [-0.3, -0.25) is 0 Å². The van der Waals surface area contributed by atoms with Gasteiger partial charge in [0.15, 0.2) is 6.39 Å². The van der Waals surface area contributed by atoms with E-state index in [1.54, 1.807) is 6.20 Å². The molecule has 0 aliphatic carbocycles. The van der Waals surface area contributed by atoms with E-state index in [0.29, 0.717) is 12.2 Å². The number of nitrogens with one attached hydrogen (secondary N) is 2. The topological polar surface area (TPSA) is 93.2 Å². The van der Waals surface area contributed by atoms with Gasteiger partial charge in [0.25, 0.3) is 0 Å². The van der Waals surface area contributed by atoms with Crippen molar-refractivity contribution in [3.8, 4) is 0 Å². The highest BCUT2D eigenvalue weighted by atomic mass is 16.3. The summed E-state index contributed by atoms with van der Waals surface area (Å²) in [6, 6.07) is 7.09. The van der Waals surface area contributed by atoms with Gasteiger partial charge >= 0.3 is 6.03 Å². The van der Waals surface area contributed by atoms with E-state index < -0.39 is 6.03 Å². The zero-order valence-electron chi connectivity index (χ0n) is 10.6. The molecule has 0 bridgehead atoms. The van der Waals surface area contributed by atoms with Crippen molar-refractivity contribution in [3.05, 3.63) is 48.2 Å². The molecule has 1 heterocycles. The minimum absolute atomic E-state index is 0.160. The fraction of sp³-hybridized carbons (Fsp3) is 0.231. The van der Waals surface area contributed by atoms with Crippen LogP contribution in [0.4, 0.5) is 10.5 Å². The zero-order valence-corrected chi connectivity index (χ0v) is 10.6. The number of benzene rings is 1. The predicted molar refractivity (Wildman–Crippen MR) is 71.4 cm³/mol. The van der Waals surface area contributed by atoms with Crippen molar-refractivity contribution in [2.75, 3.05) is 5.32 Å². The summed E-state index contributed by atoms with van der Waals surface area (Å²) in [5.74, 6) is 0.791. The van der Waals surface area contributed by atoms with Crippen molar-refractivity contribution in [1.82, 2.24) is 10.3 Å². The number of carbonyl (C=O) groups excluding carboxylic acids is 1. The Bertz CT molecular complexity index is 522. The van der Waals surface area contributed by atoms with E-state index in [0.717, 1.165) is 11.3 Å². The molecule has 19 heavy (non-hydrogen) atoms. The van der Waals surface area contributed by atoms with Gasteiger partial charge in [0.1, 0.15) is 5.76 Å². The van der Waals surface area contributed by atoms with Gasteiger partial charge < -0.3 is 20.8 Å². The summed E-state index contributed by atoms with van der Waals surface area (Å²) in [5.41, 5.74) is 6.83. The van der Waals surface area contributed by atoms with Crippen LogP contribution in [0.15, 0.2) is 41.3 Å². The highest BCUT2D eigenvalue weighted by Crippen LogP contribution is 2.16. The average Bonchev–Trinajstić information content (AvgIpc) is 2.89. The Morgan fingerprint density at radius 2 is 2.16 bits per heavy atom. The van der Waals surface area contributed by atoms with E-state index in [2.05, 4.69) is 15.6 Å². The van der Waals surface area contributed by atoms with Gasteiger partial charge in [0, 0.05) is 11.7 Å². The maximum absolute atomic E-state index is 10.7. The molecule has 6 nitrogen and oxygen atoms in total. The molecule has 0 saturated carbocycles. The van der Waals surface area contributed by atoms with E-state index in [1.165, 1.54) is 6.39 Å². The largest absolute Gasteiger partial charge is 0.447 e. The normalized spacial score (nSPS) is 12.1. The lowest BCUT2D eigenvalue weighted by molar-refractivity contribution is 0.259. The molecule has 0 radical (unpaired) electrons. The lowest BCUT2D eigenvalue weighted by Gasteiger charge is -2.13. The SMILES string of the molecule is CC(NCc1cnco1)c1ccc(NC(N)=O)cc1. The number of amides is 2. The van der Waals surface area contributed by atoms with Crippen LogP contribution in [0.5, 0.6) is 0 Å². The number of rotatable bonds is 5. The minimum atomic E-state index is -0.566. The first-order valence-corrected chi connectivity index (χ1v) is 5.92. The molecule has 0 spiro atoms. The standard InChI is InChI=1S/C13H16N4O2/c1-9(16-7-12-6-15-8-19-12)10-2-4-11(5-3-10)17-13(14)18/h2-6,8-9,16H,7H2,1H3,(H3,14,17,18). The number of hydrogen-bond donors (Lipinski definition) is 3. The lowest BCUT2D eigenvalue weighted by atomic mass is 10.1. The van der Waals surface area contributed by atoms with Crippen LogP contribution < -0.4 is 16.4 Å². The summed E-state index contributed by atoms with van der Waals surface area (Å²) in [6.07, 6.45) is 3.09. The summed E-state index contributed by atoms with van der Waals surface area (Å²) in [6.45, 7) is 2.66. The van der Waals surface area contributed by atoms with E-state index >= 15 is 0 Å². The highest BCUT2D eigenvalue weighted by molar-refractivity contribution is 5.87. The minimum Gasteiger partial charge on any atom is -0.447 e. The van der Waals surface area contributed by atoms with Gasteiger partial charge in [-0.15, -0.1) is 0 Å². The Balaban J connectivity index is 1.91. The van der Waals surface area contributed by atoms with Crippen LogP contribution in [0.3, 0.4) is 0 Å². The Kier molecular flexibility index (Phi) is 4.15. The number of nitrogens with two attached hydrogens (primary N) is 1. The summed E-state index contributed by atoms with van der Waals surface area (Å²) in [7, 11) is 0. The molecule has 1 aromatic heterocycles. The number of carbonyl (C=O) groups is 1. The second kappa shape index (κ2) is 6.01. The van der Waals surface area contributed by atoms with E-state index in [4.69, 9.17) is 10.2 Å².